The van der Waals surface area contributed by atoms with Crippen LogP contribution in [-0.4, -0.2) is 35.7 Å². The normalized spacial score (nSPS) is 8.93. The van der Waals surface area contributed by atoms with Gasteiger partial charge in [0.05, 0.1) is 26.1 Å². The molecule has 0 saturated carbocycles. The molecule has 0 aromatic heterocycles. The van der Waals surface area contributed by atoms with Crippen LogP contribution in [-0.2, 0) is 19.1 Å². The zero-order valence-corrected chi connectivity index (χ0v) is 8.86. The van der Waals surface area contributed by atoms with Gasteiger partial charge in [-0.05, 0) is 13.8 Å². The highest BCUT2D eigenvalue weighted by atomic mass is 16.5. The molecule has 84 valence electrons. The molecule has 6 heteroatoms. The minimum Gasteiger partial charge on any atom is -0.466 e. The topological polar surface area (TPSA) is 89.0 Å². The van der Waals surface area contributed by atoms with E-state index in [4.69, 9.17) is 5.53 Å². The van der Waals surface area contributed by atoms with E-state index in [1.165, 1.54) is 0 Å². The van der Waals surface area contributed by atoms with Crippen LogP contribution < -0.4 is 0 Å². The zero-order chi connectivity index (χ0) is 11.7. The van der Waals surface area contributed by atoms with Crippen molar-refractivity contribution in [3.63, 3.8) is 0 Å². The van der Waals surface area contributed by atoms with Crippen molar-refractivity contribution >= 4 is 17.7 Å². The minimum absolute atomic E-state index is 0.00789. The van der Waals surface area contributed by atoms with E-state index in [1.54, 1.807) is 13.8 Å². The summed E-state index contributed by atoms with van der Waals surface area (Å²) < 4.78 is 9.25. The summed E-state index contributed by atoms with van der Waals surface area (Å²) >= 11 is 0. The van der Waals surface area contributed by atoms with Crippen LogP contribution >= 0.6 is 0 Å². The van der Waals surface area contributed by atoms with Crippen molar-refractivity contribution in [2.24, 2.45) is 0 Å². The first-order valence-electron chi connectivity index (χ1n) is 4.69. The molecule has 0 aliphatic rings. The van der Waals surface area contributed by atoms with Gasteiger partial charge < -0.3 is 15.0 Å². The lowest BCUT2D eigenvalue weighted by atomic mass is 10.2. The Morgan fingerprint density at radius 1 is 1.13 bits per heavy atom. The molecule has 0 N–H and O–H groups in total. The monoisotopic (exact) mass is 214 g/mol. The average Bonchev–Trinajstić information content (AvgIpc) is 2.19. The van der Waals surface area contributed by atoms with E-state index in [0.717, 1.165) is 0 Å². The Hall–Kier alpha value is -1.68. The number of ether oxygens (including phenoxy) is 2. The van der Waals surface area contributed by atoms with E-state index < -0.39 is 11.9 Å². The predicted octanol–water partition coefficient (Wildman–Crippen LogP) is 0.564. The first-order chi connectivity index (χ1) is 7.15. The van der Waals surface area contributed by atoms with Crippen LogP contribution in [0.3, 0.4) is 0 Å². The SMILES string of the molecule is CCOC(=O)CCC(=[N+]=[N-])C(=O)OCC. The fourth-order valence-electron chi connectivity index (χ4n) is 0.861. The van der Waals surface area contributed by atoms with E-state index in [0.29, 0.717) is 0 Å². The molecule has 0 aromatic rings. The number of esters is 2. The van der Waals surface area contributed by atoms with Crippen LogP contribution in [0.2, 0.25) is 0 Å². The van der Waals surface area contributed by atoms with Gasteiger partial charge in [-0.25, -0.2) is 4.79 Å². The number of carbonyl (C=O) groups is 2. The van der Waals surface area contributed by atoms with Crippen molar-refractivity contribution in [2.45, 2.75) is 26.7 Å². The van der Waals surface area contributed by atoms with Gasteiger partial charge in [0.15, 0.2) is 0 Å². The van der Waals surface area contributed by atoms with E-state index in [2.05, 4.69) is 14.3 Å². The largest absolute Gasteiger partial charge is 0.466 e. The number of nitrogens with zero attached hydrogens (tertiary/aromatic N) is 2. The molecule has 0 heterocycles. The smallest absolute Gasteiger partial charge is 0.416 e. The van der Waals surface area contributed by atoms with Crippen molar-refractivity contribution in [3.05, 3.63) is 5.53 Å². The lowest BCUT2D eigenvalue weighted by Gasteiger charge is -1.99. The molecule has 15 heavy (non-hydrogen) atoms. The van der Waals surface area contributed by atoms with Gasteiger partial charge in [-0.3, -0.25) is 4.79 Å². The summed E-state index contributed by atoms with van der Waals surface area (Å²) in [5.41, 5.74) is 8.32. The molecule has 0 radical (unpaired) electrons. The molecule has 0 fully saturated rings. The van der Waals surface area contributed by atoms with E-state index in [9.17, 15) is 9.59 Å². The van der Waals surface area contributed by atoms with Crippen LogP contribution in [0.15, 0.2) is 0 Å². The highest BCUT2D eigenvalue weighted by Gasteiger charge is 2.22. The summed E-state index contributed by atoms with van der Waals surface area (Å²) in [7, 11) is 0. The zero-order valence-electron chi connectivity index (χ0n) is 8.86. The summed E-state index contributed by atoms with van der Waals surface area (Å²) in [6, 6.07) is 0. The van der Waals surface area contributed by atoms with E-state index in [1.807, 2.05) is 0 Å². The molecular formula is C9H14N2O4. The second kappa shape index (κ2) is 7.70. The van der Waals surface area contributed by atoms with Crippen LogP contribution in [0.1, 0.15) is 26.7 Å². The molecule has 0 unspecified atom stereocenters. The van der Waals surface area contributed by atoms with Crippen LogP contribution in [0.4, 0.5) is 0 Å². The second-order valence-electron chi connectivity index (χ2n) is 2.57. The molecule has 0 amide bonds. The molecule has 0 aromatic carbocycles. The fraction of sp³-hybridized carbons (Fsp3) is 0.667. The summed E-state index contributed by atoms with van der Waals surface area (Å²) in [6.45, 7) is 3.80. The minimum atomic E-state index is -0.718. The van der Waals surface area contributed by atoms with Gasteiger partial charge >= 0.3 is 17.7 Å². The van der Waals surface area contributed by atoms with Crippen LogP contribution in [0.5, 0.6) is 0 Å². The molecule has 0 bridgehead atoms. The third-order valence-electron chi connectivity index (χ3n) is 1.50. The van der Waals surface area contributed by atoms with Crippen LogP contribution in [0.25, 0.3) is 5.53 Å². The van der Waals surface area contributed by atoms with Gasteiger partial charge in [-0.2, -0.15) is 4.79 Å². The standard InChI is InChI=1S/C9H14N2O4/c1-3-14-8(12)6-5-7(11-10)9(13)15-4-2/h3-6H2,1-2H3. The summed E-state index contributed by atoms with van der Waals surface area (Å²) in [5, 5.41) is 0. The lowest BCUT2D eigenvalue weighted by molar-refractivity contribution is -0.143. The van der Waals surface area contributed by atoms with Gasteiger partial charge in [0.25, 0.3) is 0 Å². The quantitative estimate of drug-likeness (QED) is 0.279. The molecule has 0 atom stereocenters. The Morgan fingerprint density at radius 3 is 2.20 bits per heavy atom. The maximum absolute atomic E-state index is 11.1. The van der Waals surface area contributed by atoms with Crippen molar-refractivity contribution in [1.29, 1.82) is 0 Å². The highest BCUT2D eigenvalue weighted by molar-refractivity contribution is 6.34. The second-order valence-corrected chi connectivity index (χ2v) is 2.57. The van der Waals surface area contributed by atoms with Gasteiger partial charge in [0, 0.05) is 0 Å². The third kappa shape index (κ3) is 5.59. The Bertz CT molecular complexity index is 282. The van der Waals surface area contributed by atoms with Gasteiger partial charge in [-0.1, -0.05) is 0 Å². The van der Waals surface area contributed by atoms with E-state index >= 15 is 0 Å². The Labute approximate surface area is 87.8 Å². The predicted molar refractivity (Wildman–Crippen MR) is 51.1 cm³/mol. The molecule has 6 nitrogen and oxygen atoms in total. The maximum Gasteiger partial charge on any atom is 0.416 e. The molecular weight excluding hydrogens is 200 g/mol. The molecule has 0 rings (SSSR count). The van der Waals surface area contributed by atoms with Crippen molar-refractivity contribution in [3.8, 4) is 0 Å². The summed E-state index contributed by atoms with van der Waals surface area (Å²) in [6.07, 6.45) is 0.000213. The molecule has 0 saturated heterocycles. The molecule has 0 spiro atoms. The molecule has 0 aliphatic heterocycles. The van der Waals surface area contributed by atoms with Gasteiger partial charge in [-0.15, -0.1) is 0 Å². The Kier molecular flexibility index (Phi) is 6.84. The van der Waals surface area contributed by atoms with Crippen molar-refractivity contribution < 1.29 is 23.9 Å². The van der Waals surface area contributed by atoms with E-state index in [-0.39, 0.29) is 31.8 Å². The van der Waals surface area contributed by atoms with Gasteiger partial charge in [0.2, 0.25) is 0 Å². The Balaban J connectivity index is 4.08. The molecule has 0 aliphatic carbocycles. The first-order valence-corrected chi connectivity index (χ1v) is 4.69. The average molecular weight is 214 g/mol. The van der Waals surface area contributed by atoms with Gasteiger partial charge in [0.1, 0.15) is 0 Å². The first kappa shape index (κ1) is 13.3. The van der Waals surface area contributed by atoms with Crippen molar-refractivity contribution in [2.75, 3.05) is 13.2 Å². The summed E-state index contributed by atoms with van der Waals surface area (Å²) in [5.74, 6) is -1.16. The summed E-state index contributed by atoms with van der Waals surface area (Å²) in [4.78, 5) is 24.8. The van der Waals surface area contributed by atoms with Crippen molar-refractivity contribution in [1.82, 2.24) is 0 Å². The maximum atomic E-state index is 11.1. The lowest BCUT2D eigenvalue weighted by Crippen LogP contribution is -2.20. The number of hydrogen-bond donors (Lipinski definition) is 0. The van der Waals surface area contributed by atoms with Crippen LogP contribution in [0, 0.1) is 0 Å². The Morgan fingerprint density at radius 2 is 1.73 bits per heavy atom. The third-order valence-corrected chi connectivity index (χ3v) is 1.50. The number of carbonyl (C=O) groups excluding carboxylic acids is 2. The number of hydrogen-bond acceptors (Lipinski definition) is 4. The number of rotatable bonds is 6. The highest BCUT2D eigenvalue weighted by Crippen LogP contribution is 1.96. The fourth-order valence-corrected chi connectivity index (χ4v) is 0.861.